The summed E-state index contributed by atoms with van der Waals surface area (Å²) in [5, 5.41) is 10.7. The normalized spacial score (nSPS) is 10.4. The molecule has 0 saturated heterocycles. The van der Waals surface area contributed by atoms with Gasteiger partial charge in [-0.2, -0.15) is 4.98 Å². The fraction of sp³-hybridized carbons (Fsp3) is 0.429. The molecule has 0 aliphatic rings. The summed E-state index contributed by atoms with van der Waals surface area (Å²) >= 11 is 0. The van der Waals surface area contributed by atoms with Gasteiger partial charge in [0.25, 0.3) is 12.3 Å². The third kappa shape index (κ3) is 3.17. The minimum atomic E-state index is -2.76. The van der Waals surface area contributed by atoms with Crippen LogP contribution in [0.3, 0.4) is 0 Å². The van der Waals surface area contributed by atoms with E-state index in [2.05, 4.69) is 14.7 Å². The molecule has 0 radical (unpaired) electrons. The molecule has 10 heteroatoms. The van der Waals surface area contributed by atoms with Crippen molar-refractivity contribution in [2.75, 3.05) is 12.0 Å². The Kier molecular flexibility index (Phi) is 4.04. The van der Waals surface area contributed by atoms with E-state index in [0.29, 0.717) is 0 Å². The monoisotopic (exact) mass is 249 g/mol. The van der Waals surface area contributed by atoms with Crippen molar-refractivity contribution in [3.05, 3.63) is 15.8 Å². The molecule has 0 fully saturated rings. The first kappa shape index (κ1) is 13.0. The lowest BCUT2D eigenvalue weighted by atomic mass is 10.3. The number of alkyl halides is 2. The van der Waals surface area contributed by atoms with Gasteiger partial charge in [0, 0.05) is 0 Å². The van der Waals surface area contributed by atoms with Gasteiger partial charge in [0.1, 0.15) is 5.69 Å². The van der Waals surface area contributed by atoms with E-state index in [-0.39, 0.29) is 11.6 Å². The smallest absolute Gasteiger partial charge is 0.352 e. The Hall–Kier alpha value is -2.10. The van der Waals surface area contributed by atoms with Gasteiger partial charge in [0.15, 0.2) is 6.61 Å². The van der Waals surface area contributed by atoms with E-state index in [0.717, 1.165) is 0 Å². The second-order valence-corrected chi connectivity index (χ2v) is 2.89. The lowest BCUT2D eigenvalue weighted by Crippen LogP contribution is -2.15. The highest BCUT2D eigenvalue weighted by atomic mass is 19.3. The highest BCUT2D eigenvalue weighted by Gasteiger charge is 2.24. The van der Waals surface area contributed by atoms with Crippen LogP contribution in [0.25, 0.3) is 0 Å². The molecule has 0 aromatic carbocycles. The zero-order chi connectivity index (χ0) is 13.0. The van der Waals surface area contributed by atoms with Crippen LogP contribution < -0.4 is 16.0 Å². The van der Waals surface area contributed by atoms with E-state index >= 15 is 0 Å². The fourth-order valence-electron chi connectivity index (χ4n) is 1.06. The van der Waals surface area contributed by atoms with Crippen LogP contribution in [0.15, 0.2) is 0 Å². The van der Waals surface area contributed by atoms with E-state index in [1.165, 1.54) is 6.92 Å². The van der Waals surface area contributed by atoms with Crippen LogP contribution in [0.1, 0.15) is 5.69 Å². The summed E-state index contributed by atoms with van der Waals surface area (Å²) in [4.78, 5) is 17.0. The highest BCUT2D eigenvalue weighted by Crippen LogP contribution is 2.28. The number of ether oxygens (including phenoxy) is 1. The average Bonchev–Trinajstić information content (AvgIpc) is 2.24. The topological polar surface area (TPSA) is 116 Å². The van der Waals surface area contributed by atoms with Gasteiger partial charge in [-0.1, -0.05) is 0 Å². The van der Waals surface area contributed by atoms with Gasteiger partial charge in [-0.05, 0) is 6.92 Å². The van der Waals surface area contributed by atoms with Crippen LogP contribution in [-0.2, 0) is 0 Å². The molecular formula is C7H9F2N5O3. The lowest BCUT2D eigenvalue weighted by molar-refractivity contribution is -0.387. The first-order chi connectivity index (χ1) is 7.95. The molecule has 3 N–H and O–H groups in total. The zero-order valence-electron chi connectivity index (χ0n) is 8.68. The van der Waals surface area contributed by atoms with Gasteiger partial charge in [-0.25, -0.2) is 19.6 Å². The number of hydrogen-bond acceptors (Lipinski definition) is 7. The molecule has 0 spiro atoms. The number of halogens is 2. The van der Waals surface area contributed by atoms with E-state index in [9.17, 15) is 18.9 Å². The molecule has 0 amide bonds. The summed E-state index contributed by atoms with van der Waals surface area (Å²) in [7, 11) is 0. The van der Waals surface area contributed by atoms with Crippen molar-refractivity contribution in [3.8, 4) is 5.88 Å². The summed E-state index contributed by atoms with van der Waals surface area (Å²) in [5.74, 6) is 4.32. The Morgan fingerprint density at radius 2 is 2.24 bits per heavy atom. The first-order valence-corrected chi connectivity index (χ1v) is 4.36. The Morgan fingerprint density at radius 1 is 1.59 bits per heavy atom. The quantitative estimate of drug-likeness (QED) is 0.446. The lowest BCUT2D eigenvalue weighted by Gasteiger charge is -2.07. The summed E-state index contributed by atoms with van der Waals surface area (Å²) in [6.07, 6.45) is -2.76. The molecule has 0 aliphatic carbocycles. The first-order valence-electron chi connectivity index (χ1n) is 4.36. The Morgan fingerprint density at radius 3 is 2.71 bits per heavy atom. The third-order valence-electron chi connectivity index (χ3n) is 1.68. The van der Waals surface area contributed by atoms with Crippen molar-refractivity contribution >= 4 is 11.6 Å². The zero-order valence-corrected chi connectivity index (χ0v) is 8.68. The largest absolute Gasteiger partial charge is 0.467 e. The second-order valence-electron chi connectivity index (χ2n) is 2.89. The Bertz CT molecular complexity index is 428. The van der Waals surface area contributed by atoms with Gasteiger partial charge in [-0.15, -0.1) is 0 Å². The number of hydrogen-bond donors (Lipinski definition) is 2. The minimum Gasteiger partial charge on any atom is -0.467 e. The van der Waals surface area contributed by atoms with Crippen LogP contribution in [0, 0.1) is 17.0 Å². The molecule has 0 bridgehead atoms. The molecule has 0 unspecified atom stereocenters. The number of rotatable bonds is 5. The van der Waals surface area contributed by atoms with Crippen LogP contribution in [0.5, 0.6) is 5.88 Å². The number of anilines is 1. The number of nitrogens with two attached hydrogens (primary N) is 1. The molecule has 1 heterocycles. The Balaban J connectivity index is 3.13. The summed E-state index contributed by atoms with van der Waals surface area (Å²) in [6.45, 7) is 0.317. The standard InChI is InChI=1S/C7H9F2N5O3/c1-3-5(14(15)16)6(17-2-4(8)9)12-7(11-3)13-10/h4H,2,10H2,1H3,(H,11,12,13). The van der Waals surface area contributed by atoms with Crippen LogP contribution in [0.2, 0.25) is 0 Å². The van der Waals surface area contributed by atoms with Crippen LogP contribution in [-0.4, -0.2) is 27.9 Å². The van der Waals surface area contributed by atoms with E-state index in [1.54, 1.807) is 0 Å². The molecule has 1 rings (SSSR count). The molecule has 17 heavy (non-hydrogen) atoms. The summed E-state index contributed by atoms with van der Waals surface area (Å²) in [6, 6.07) is 0. The molecule has 0 aliphatic heterocycles. The molecule has 0 atom stereocenters. The average molecular weight is 249 g/mol. The molecule has 1 aromatic rings. The van der Waals surface area contributed by atoms with Gasteiger partial charge < -0.3 is 4.74 Å². The number of aromatic nitrogens is 2. The van der Waals surface area contributed by atoms with E-state index in [4.69, 9.17) is 5.84 Å². The molecule has 1 aromatic heterocycles. The maximum Gasteiger partial charge on any atom is 0.352 e. The number of hydrazine groups is 1. The van der Waals surface area contributed by atoms with Gasteiger partial charge in [0.2, 0.25) is 5.95 Å². The number of aryl methyl sites for hydroxylation is 1. The predicted octanol–water partition coefficient (Wildman–Crippen LogP) is 0.623. The fourth-order valence-corrected chi connectivity index (χ4v) is 1.06. The summed E-state index contributed by atoms with van der Waals surface area (Å²) in [5.41, 5.74) is 1.44. The number of nitrogens with one attached hydrogen (secondary N) is 1. The van der Waals surface area contributed by atoms with Crippen molar-refractivity contribution in [2.24, 2.45) is 5.84 Å². The van der Waals surface area contributed by atoms with Gasteiger partial charge in [0.05, 0.1) is 4.92 Å². The molecular weight excluding hydrogens is 240 g/mol. The van der Waals surface area contributed by atoms with E-state index < -0.39 is 29.5 Å². The Labute approximate surface area is 93.9 Å². The van der Waals surface area contributed by atoms with Gasteiger partial charge >= 0.3 is 5.69 Å². The highest BCUT2D eigenvalue weighted by molar-refractivity contribution is 5.48. The second kappa shape index (κ2) is 5.30. The van der Waals surface area contributed by atoms with Crippen molar-refractivity contribution in [3.63, 3.8) is 0 Å². The number of nitro groups is 1. The minimum absolute atomic E-state index is 0.0396. The maximum absolute atomic E-state index is 12.0. The molecule has 94 valence electrons. The van der Waals surface area contributed by atoms with Crippen LogP contribution in [0.4, 0.5) is 20.4 Å². The van der Waals surface area contributed by atoms with Crippen LogP contribution >= 0.6 is 0 Å². The number of nitrogen functional groups attached to an aromatic ring is 1. The predicted molar refractivity (Wildman–Crippen MR) is 52.7 cm³/mol. The SMILES string of the molecule is Cc1nc(NN)nc(OCC(F)F)c1[N+](=O)[O-]. The van der Waals surface area contributed by atoms with Gasteiger partial charge in [-0.3, -0.25) is 15.5 Å². The maximum atomic E-state index is 12.0. The molecule has 8 nitrogen and oxygen atoms in total. The van der Waals surface area contributed by atoms with Crippen molar-refractivity contribution in [1.82, 2.24) is 9.97 Å². The summed E-state index contributed by atoms with van der Waals surface area (Å²) < 4.78 is 28.5. The van der Waals surface area contributed by atoms with Crippen molar-refractivity contribution in [2.45, 2.75) is 13.3 Å². The number of nitrogens with zero attached hydrogens (tertiary/aromatic N) is 3. The van der Waals surface area contributed by atoms with Crippen molar-refractivity contribution in [1.29, 1.82) is 0 Å². The van der Waals surface area contributed by atoms with Crippen molar-refractivity contribution < 1.29 is 18.4 Å². The molecule has 0 saturated carbocycles. The third-order valence-corrected chi connectivity index (χ3v) is 1.68. The van der Waals surface area contributed by atoms with E-state index in [1.807, 2.05) is 5.43 Å².